The highest BCUT2D eigenvalue weighted by atomic mass is 32.1. The lowest BCUT2D eigenvalue weighted by molar-refractivity contribution is 0.224. The van der Waals surface area contributed by atoms with Crippen LogP contribution in [-0.4, -0.2) is 23.1 Å². The van der Waals surface area contributed by atoms with Crippen LogP contribution in [0.15, 0.2) is 12.2 Å². The molecule has 0 heterocycles. The highest BCUT2D eigenvalue weighted by molar-refractivity contribution is 7.82. The number of rotatable bonds is 2. The van der Waals surface area contributed by atoms with Crippen molar-refractivity contribution in [2.24, 2.45) is 17.3 Å². The first kappa shape index (κ1) is 14.8. The third-order valence-corrected chi connectivity index (χ3v) is 6.38. The molecule has 0 amide bonds. The van der Waals surface area contributed by atoms with Gasteiger partial charge in [0.2, 0.25) is 0 Å². The van der Waals surface area contributed by atoms with Gasteiger partial charge in [0.25, 0.3) is 0 Å². The van der Waals surface area contributed by atoms with E-state index in [0.717, 1.165) is 12.8 Å². The van der Waals surface area contributed by atoms with Gasteiger partial charge < -0.3 is 5.32 Å². The number of hydrogen-bond donors (Lipinski definition) is 3. The van der Waals surface area contributed by atoms with Crippen LogP contribution in [0.3, 0.4) is 0 Å². The molecule has 2 aliphatic rings. The largest absolute Gasteiger partial charge is 0.317 e. The van der Waals surface area contributed by atoms with Gasteiger partial charge in [-0.25, -0.2) is 0 Å². The highest BCUT2D eigenvalue weighted by Gasteiger charge is 2.57. The summed E-state index contributed by atoms with van der Waals surface area (Å²) in [5, 5.41) is 3.95. The van der Waals surface area contributed by atoms with E-state index in [4.69, 9.17) is 25.3 Å². The number of thiol groups is 2. The van der Waals surface area contributed by atoms with Crippen LogP contribution in [0.4, 0.5) is 0 Å². The summed E-state index contributed by atoms with van der Waals surface area (Å²) in [5.74, 6) is 1.27. The van der Waals surface area contributed by atoms with Crippen molar-refractivity contribution in [2.75, 3.05) is 7.05 Å². The minimum absolute atomic E-state index is 0.0765. The van der Waals surface area contributed by atoms with E-state index in [0.29, 0.717) is 23.1 Å². The molecule has 0 spiro atoms. The molecular formula is C15H27NS2. The predicted octanol–water partition coefficient (Wildman–Crippen LogP) is 3.57. The molecular weight excluding hydrogens is 258 g/mol. The summed E-state index contributed by atoms with van der Waals surface area (Å²) < 4.78 is 0.0765. The Bertz CT molecular complexity index is 352. The maximum atomic E-state index is 4.92. The van der Waals surface area contributed by atoms with E-state index in [1.165, 1.54) is 12.0 Å². The van der Waals surface area contributed by atoms with E-state index in [9.17, 15) is 0 Å². The molecule has 6 unspecified atom stereocenters. The zero-order valence-corrected chi connectivity index (χ0v) is 13.8. The van der Waals surface area contributed by atoms with Crippen molar-refractivity contribution < 1.29 is 0 Å². The van der Waals surface area contributed by atoms with Gasteiger partial charge in [-0.2, -0.15) is 25.3 Å². The Morgan fingerprint density at radius 1 is 1.39 bits per heavy atom. The van der Waals surface area contributed by atoms with E-state index in [-0.39, 0.29) is 10.2 Å². The summed E-state index contributed by atoms with van der Waals surface area (Å²) in [4.78, 5) is 0. The van der Waals surface area contributed by atoms with E-state index < -0.39 is 0 Å². The molecule has 2 aliphatic carbocycles. The van der Waals surface area contributed by atoms with E-state index in [1.54, 1.807) is 0 Å². The number of nitrogens with one attached hydrogen (secondary N) is 1. The van der Waals surface area contributed by atoms with Gasteiger partial charge in [-0.1, -0.05) is 26.0 Å². The van der Waals surface area contributed by atoms with E-state index >= 15 is 0 Å². The monoisotopic (exact) mass is 285 g/mol. The van der Waals surface area contributed by atoms with Gasteiger partial charge in [0.1, 0.15) is 0 Å². The number of fused-ring (bicyclic) bond motifs is 2. The smallest absolute Gasteiger partial charge is 0.0120 e. The summed E-state index contributed by atoms with van der Waals surface area (Å²) >= 11 is 9.82. The van der Waals surface area contributed by atoms with Crippen LogP contribution in [0.5, 0.6) is 0 Å². The van der Waals surface area contributed by atoms with Crippen molar-refractivity contribution in [3.8, 4) is 0 Å². The molecule has 2 bridgehead atoms. The first-order valence-corrected chi connectivity index (χ1v) is 7.93. The Morgan fingerprint density at radius 2 is 2.00 bits per heavy atom. The molecule has 2 rings (SSSR count). The highest BCUT2D eigenvalue weighted by Crippen LogP contribution is 2.61. The Kier molecular flexibility index (Phi) is 3.90. The van der Waals surface area contributed by atoms with E-state index in [2.05, 4.69) is 39.7 Å². The van der Waals surface area contributed by atoms with Gasteiger partial charge in [-0.05, 0) is 50.5 Å². The Hall–Kier alpha value is 0.400. The fourth-order valence-electron chi connectivity index (χ4n) is 4.61. The first-order chi connectivity index (χ1) is 8.23. The molecule has 6 atom stereocenters. The number of allylic oxidation sites excluding steroid dienone is 1. The molecule has 0 aromatic carbocycles. The fourth-order valence-corrected chi connectivity index (χ4v) is 6.10. The van der Waals surface area contributed by atoms with Crippen LogP contribution >= 0.6 is 25.3 Å². The van der Waals surface area contributed by atoms with Crippen LogP contribution < -0.4 is 5.32 Å². The minimum atomic E-state index is 0.0765. The molecule has 18 heavy (non-hydrogen) atoms. The second kappa shape index (κ2) is 4.75. The Morgan fingerprint density at radius 3 is 2.50 bits per heavy atom. The topological polar surface area (TPSA) is 12.0 Å². The SMILES string of the molecule is C=C(C)C12CC(NC)C(C(S)CC(C)(S)C1)C2C. The normalized spacial score (nSPS) is 52.1. The molecule has 0 aromatic heterocycles. The molecule has 0 saturated heterocycles. The maximum absolute atomic E-state index is 4.92. The van der Waals surface area contributed by atoms with Crippen LogP contribution in [0.25, 0.3) is 0 Å². The molecule has 3 heteroatoms. The van der Waals surface area contributed by atoms with Crippen molar-refractivity contribution >= 4 is 25.3 Å². The first-order valence-electron chi connectivity index (χ1n) is 6.97. The molecule has 0 aliphatic heterocycles. The van der Waals surface area contributed by atoms with Gasteiger partial charge >= 0.3 is 0 Å². The minimum Gasteiger partial charge on any atom is -0.317 e. The summed E-state index contributed by atoms with van der Waals surface area (Å²) in [5.41, 5.74) is 1.58. The second-order valence-corrected chi connectivity index (χ2v) is 8.59. The molecule has 1 nitrogen and oxygen atoms in total. The lowest BCUT2D eigenvalue weighted by atomic mass is 9.68. The zero-order valence-electron chi connectivity index (χ0n) is 12.0. The summed E-state index contributed by atoms with van der Waals surface area (Å²) in [6.45, 7) is 11.2. The van der Waals surface area contributed by atoms with Crippen molar-refractivity contribution in [3.05, 3.63) is 12.2 Å². The van der Waals surface area contributed by atoms with Crippen LogP contribution in [0.2, 0.25) is 0 Å². The van der Waals surface area contributed by atoms with Crippen LogP contribution in [-0.2, 0) is 0 Å². The van der Waals surface area contributed by atoms with Crippen molar-refractivity contribution in [1.29, 1.82) is 0 Å². The molecule has 2 saturated carbocycles. The van der Waals surface area contributed by atoms with E-state index in [1.807, 2.05) is 0 Å². The molecule has 1 N–H and O–H groups in total. The van der Waals surface area contributed by atoms with Crippen molar-refractivity contribution in [2.45, 2.75) is 56.1 Å². The lowest BCUT2D eigenvalue weighted by Gasteiger charge is -2.40. The lowest BCUT2D eigenvalue weighted by Crippen LogP contribution is -2.39. The molecule has 0 radical (unpaired) electrons. The van der Waals surface area contributed by atoms with Crippen molar-refractivity contribution in [3.63, 3.8) is 0 Å². The fraction of sp³-hybridized carbons (Fsp3) is 0.867. The molecule has 2 fully saturated rings. The second-order valence-electron chi connectivity index (χ2n) is 6.85. The summed E-state index contributed by atoms with van der Waals surface area (Å²) in [6, 6.07) is 0.573. The van der Waals surface area contributed by atoms with Gasteiger partial charge in [0, 0.05) is 16.0 Å². The van der Waals surface area contributed by atoms with Crippen LogP contribution in [0, 0.1) is 17.3 Å². The van der Waals surface area contributed by atoms with Gasteiger partial charge in [0.15, 0.2) is 0 Å². The standard InChI is InChI=1S/C15H27NS2/c1-9(2)15-6-11(16-5)13(10(15)3)12(17)7-14(4,18)8-15/h10-13,16-18H,1,6-8H2,2-5H3. The third kappa shape index (κ3) is 2.16. The third-order valence-electron chi connectivity index (χ3n) is 5.51. The number of hydrogen-bond acceptors (Lipinski definition) is 3. The summed E-state index contributed by atoms with van der Waals surface area (Å²) in [7, 11) is 2.08. The van der Waals surface area contributed by atoms with Gasteiger partial charge in [0.05, 0.1) is 0 Å². The Labute approximate surface area is 123 Å². The average molecular weight is 286 g/mol. The molecule has 0 aromatic rings. The Balaban J connectivity index is 2.46. The zero-order chi connectivity index (χ0) is 13.7. The average Bonchev–Trinajstić information content (AvgIpc) is 2.46. The van der Waals surface area contributed by atoms with Gasteiger partial charge in [-0.15, -0.1) is 0 Å². The maximum Gasteiger partial charge on any atom is 0.0120 e. The van der Waals surface area contributed by atoms with Gasteiger partial charge in [-0.3, -0.25) is 0 Å². The van der Waals surface area contributed by atoms with Crippen LogP contribution in [0.1, 0.15) is 40.0 Å². The summed E-state index contributed by atoms with van der Waals surface area (Å²) in [6.07, 6.45) is 3.41. The predicted molar refractivity (Wildman–Crippen MR) is 86.8 cm³/mol. The quantitative estimate of drug-likeness (QED) is 0.520. The molecule has 104 valence electrons. The van der Waals surface area contributed by atoms with Crippen molar-refractivity contribution in [1.82, 2.24) is 5.32 Å².